The lowest BCUT2D eigenvalue weighted by atomic mass is 9.95. The molecule has 3 atom stereocenters. The zero-order valence-corrected chi connectivity index (χ0v) is 21.0. The molecule has 0 aliphatic carbocycles. The van der Waals surface area contributed by atoms with Gasteiger partial charge >= 0.3 is 5.97 Å². The summed E-state index contributed by atoms with van der Waals surface area (Å²) in [5.41, 5.74) is 1.62. The van der Waals surface area contributed by atoms with E-state index in [1.54, 1.807) is 19.1 Å². The number of hydrogen-bond donors (Lipinski definition) is 2. The minimum absolute atomic E-state index is 0.0862. The molecule has 196 valence electrons. The molecule has 0 aliphatic rings. The Labute approximate surface area is 215 Å². The molecule has 1 heterocycles. The number of rotatable bonds is 12. The Kier molecular flexibility index (Phi) is 9.97. The van der Waals surface area contributed by atoms with Gasteiger partial charge < -0.3 is 24.6 Å². The maximum Gasteiger partial charge on any atom is 0.328 e. The van der Waals surface area contributed by atoms with Crippen LogP contribution in [-0.4, -0.2) is 47.8 Å². The van der Waals surface area contributed by atoms with E-state index in [1.807, 2.05) is 30.3 Å². The lowest BCUT2D eigenvalue weighted by Crippen LogP contribution is -2.42. The second kappa shape index (κ2) is 13.4. The molecule has 2 aromatic carbocycles. The first-order valence-corrected chi connectivity index (χ1v) is 11.9. The van der Waals surface area contributed by atoms with Crippen LogP contribution < -0.4 is 10.1 Å². The van der Waals surface area contributed by atoms with Crippen LogP contribution in [0.2, 0.25) is 0 Å². The summed E-state index contributed by atoms with van der Waals surface area (Å²) in [4.78, 5) is 29.2. The summed E-state index contributed by atoms with van der Waals surface area (Å²) in [6.07, 6.45) is 1.23. The quantitative estimate of drug-likeness (QED) is 0.354. The van der Waals surface area contributed by atoms with Crippen LogP contribution in [0.5, 0.6) is 11.5 Å². The van der Waals surface area contributed by atoms with Gasteiger partial charge in [-0.05, 0) is 43.5 Å². The number of benzene rings is 2. The highest BCUT2D eigenvalue weighted by atomic mass is 19.1. The summed E-state index contributed by atoms with van der Waals surface area (Å²) in [6, 6.07) is 16.2. The lowest BCUT2D eigenvalue weighted by molar-refractivity contribution is -0.154. The predicted molar refractivity (Wildman–Crippen MR) is 135 cm³/mol. The fourth-order valence-corrected chi connectivity index (χ4v) is 3.66. The Morgan fingerprint density at radius 2 is 1.73 bits per heavy atom. The van der Waals surface area contributed by atoms with Crippen molar-refractivity contribution in [3.05, 3.63) is 89.5 Å². The van der Waals surface area contributed by atoms with Crippen molar-refractivity contribution in [3.8, 4) is 11.5 Å². The number of carbonyl (C=O) groups excluding carboxylic acids is 2. The highest BCUT2D eigenvalue weighted by Crippen LogP contribution is 2.27. The molecule has 0 spiro atoms. The Bertz CT molecular complexity index is 1170. The lowest BCUT2D eigenvalue weighted by Gasteiger charge is -2.26. The van der Waals surface area contributed by atoms with Gasteiger partial charge in [0, 0.05) is 18.2 Å². The molecular formula is C28H31FN2O6. The van der Waals surface area contributed by atoms with Crippen molar-refractivity contribution in [2.75, 3.05) is 13.7 Å². The number of halogens is 1. The second-order valence-corrected chi connectivity index (χ2v) is 8.64. The molecule has 3 rings (SSSR count). The molecule has 0 unspecified atom stereocenters. The van der Waals surface area contributed by atoms with E-state index in [2.05, 4.69) is 10.3 Å². The number of methoxy groups -OCH3 is 1. The van der Waals surface area contributed by atoms with Crippen molar-refractivity contribution in [2.45, 2.75) is 39.0 Å². The SMILES string of the molecule is COc1ccnc(C(=O)N[C@@H](C)C(=O)O[C@@H](C)[C@@H](COCc2ccccc2)Cc2ccc(F)cc2)c1O. The summed E-state index contributed by atoms with van der Waals surface area (Å²) >= 11 is 0. The first-order chi connectivity index (χ1) is 17.8. The zero-order chi connectivity index (χ0) is 26.8. The Morgan fingerprint density at radius 1 is 1.03 bits per heavy atom. The average Bonchev–Trinajstić information content (AvgIpc) is 2.89. The summed E-state index contributed by atoms with van der Waals surface area (Å²) in [6.45, 7) is 3.92. The second-order valence-electron chi connectivity index (χ2n) is 8.64. The number of pyridine rings is 1. The molecule has 37 heavy (non-hydrogen) atoms. The van der Waals surface area contributed by atoms with E-state index in [4.69, 9.17) is 14.2 Å². The van der Waals surface area contributed by atoms with Crippen molar-refractivity contribution in [1.29, 1.82) is 0 Å². The standard InChI is InChI=1S/C28H31FN2O6/c1-18(31-27(33)25-26(32)24(35-3)13-14-30-25)28(34)37-19(2)22(15-20-9-11-23(29)12-10-20)17-36-16-21-7-5-4-6-8-21/h4-14,18-19,22,32H,15-17H2,1-3H3,(H,31,33)/t18-,19-,22+/m0/s1. The predicted octanol–water partition coefficient (Wildman–Crippen LogP) is 4.06. The summed E-state index contributed by atoms with van der Waals surface area (Å²) in [5.74, 6) is -2.31. The number of aromatic hydroxyl groups is 1. The van der Waals surface area contributed by atoms with Gasteiger partial charge in [-0.3, -0.25) is 4.79 Å². The molecular weight excluding hydrogens is 479 g/mol. The Morgan fingerprint density at radius 3 is 2.41 bits per heavy atom. The molecule has 0 saturated carbocycles. The molecule has 0 radical (unpaired) electrons. The number of nitrogens with zero attached hydrogens (tertiary/aromatic N) is 1. The average molecular weight is 511 g/mol. The van der Waals surface area contributed by atoms with Gasteiger partial charge in [-0.15, -0.1) is 0 Å². The maximum absolute atomic E-state index is 13.4. The molecule has 1 aromatic heterocycles. The molecule has 0 aliphatic heterocycles. The van der Waals surface area contributed by atoms with Crippen molar-refractivity contribution in [1.82, 2.24) is 10.3 Å². The van der Waals surface area contributed by atoms with E-state index in [9.17, 15) is 19.1 Å². The van der Waals surface area contributed by atoms with E-state index in [0.717, 1.165) is 11.1 Å². The fraction of sp³-hybridized carbons (Fsp3) is 0.321. The third kappa shape index (κ3) is 8.01. The van der Waals surface area contributed by atoms with Crippen LogP contribution in [0.3, 0.4) is 0 Å². The molecule has 3 aromatic rings. The summed E-state index contributed by atoms with van der Waals surface area (Å²) < 4.78 is 29.9. The van der Waals surface area contributed by atoms with Crippen LogP contribution in [0.25, 0.3) is 0 Å². The van der Waals surface area contributed by atoms with Gasteiger partial charge in [-0.2, -0.15) is 0 Å². The van der Waals surface area contributed by atoms with Crippen LogP contribution in [0.15, 0.2) is 66.9 Å². The van der Waals surface area contributed by atoms with Gasteiger partial charge in [0.05, 0.1) is 20.3 Å². The number of nitrogens with one attached hydrogen (secondary N) is 1. The number of aromatic nitrogens is 1. The monoisotopic (exact) mass is 510 g/mol. The number of hydrogen-bond acceptors (Lipinski definition) is 7. The highest BCUT2D eigenvalue weighted by molar-refractivity contribution is 5.97. The summed E-state index contributed by atoms with van der Waals surface area (Å²) in [5, 5.41) is 12.6. The number of carbonyl (C=O) groups is 2. The van der Waals surface area contributed by atoms with Crippen molar-refractivity contribution in [2.24, 2.45) is 5.92 Å². The molecule has 0 bridgehead atoms. The van der Waals surface area contributed by atoms with E-state index in [0.29, 0.717) is 19.6 Å². The summed E-state index contributed by atoms with van der Waals surface area (Å²) in [7, 11) is 1.35. The van der Waals surface area contributed by atoms with Gasteiger partial charge in [0.2, 0.25) is 0 Å². The van der Waals surface area contributed by atoms with Crippen LogP contribution in [0.4, 0.5) is 4.39 Å². The normalized spacial score (nSPS) is 13.3. The van der Waals surface area contributed by atoms with Gasteiger partial charge in [-0.1, -0.05) is 42.5 Å². The van der Waals surface area contributed by atoms with Crippen LogP contribution in [-0.2, 0) is 27.3 Å². The van der Waals surface area contributed by atoms with Gasteiger partial charge in [-0.25, -0.2) is 14.2 Å². The van der Waals surface area contributed by atoms with E-state index < -0.39 is 29.8 Å². The first-order valence-electron chi connectivity index (χ1n) is 11.9. The minimum atomic E-state index is -1.01. The molecule has 0 fully saturated rings. The third-order valence-corrected chi connectivity index (χ3v) is 5.84. The van der Waals surface area contributed by atoms with E-state index in [-0.39, 0.29) is 23.2 Å². The van der Waals surface area contributed by atoms with Crippen molar-refractivity contribution in [3.63, 3.8) is 0 Å². The van der Waals surface area contributed by atoms with E-state index in [1.165, 1.54) is 38.4 Å². The van der Waals surface area contributed by atoms with Gasteiger partial charge in [0.25, 0.3) is 5.91 Å². The Hall–Kier alpha value is -3.98. The number of ether oxygens (including phenoxy) is 3. The molecule has 0 saturated heterocycles. The smallest absolute Gasteiger partial charge is 0.328 e. The topological polar surface area (TPSA) is 107 Å². The molecule has 1 amide bonds. The number of esters is 1. The van der Waals surface area contributed by atoms with Crippen molar-refractivity contribution < 1.29 is 33.3 Å². The molecule has 8 nitrogen and oxygen atoms in total. The third-order valence-electron chi connectivity index (χ3n) is 5.84. The van der Waals surface area contributed by atoms with Crippen LogP contribution in [0.1, 0.15) is 35.5 Å². The molecule has 9 heteroatoms. The molecule has 2 N–H and O–H groups in total. The highest BCUT2D eigenvalue weighted by Gasteiger charge is 2.27. The largest absolute Gasteiger partial charge is 0.503 e. The van der Waals surface area contributed by atoms with Crippen molar-refractivity contribution >= 4 is 11.9 Å². The first kappa shape index (κ1) is 27.6. The Balaban J connectivity index is 1.63. The number of amides is 1. The zero-order valence-electron chi connectivity index (χ0n) is 21.0. The fourth-order valence-electron chi connectivity index (χ4n) is 3.66. The van der Waals surface area contributed by atoms with Gasteiger partial charge in [0.15, 0.2) is 17.2 Å². The van der Waals surface area contributed by atoms with Gasteiger partial charge in [0.1, 0.15) is 18.0 Å². The van der Waals surface area contributed by atoms with Crippen LogP contribution in [0, 0.1) is 11.7 Å². The van der Waals surface area contributed by atoms with Crippen LogP contribution >= 0.6 is 0 Å². The maximum atomic E-state index is 13.4. The minimum Gasteiger partial charge on any atom is -0.503 e. The van der Waals surface area contributed by atoms with E-state index >= 15 is 0 Å².